The zero-order valence-corrected chi connectivity index (χ0v) is 13.6. The Morgan fingerprint density at radius 3 is 2.73 bits per heavy atom. The third-order valence-electron chi connectivity index (χ3n) is 3.34. The molecule has 0 N–H and O–H groups in total. The lowest BCUT2D eigenvalue weighted by molar-refractivity contribution is 0.416. The van der Waals surface area contributed by atoms with Gasteiger partial charge in [0.05, 0.1) is 12.8 Å². The fraction of sp³-hybridized carbons (Fsp3) is 0.176. The summed E-state index contributed by atoms with van der Waals surface area (Å²) in [6.07, 6.45) is 1.81. The summed E-state index contributed by atoms with van der Waals surface area (Å²) in [6, 6.07) is 12.0. The van der Waals surface area contributed by atoms with E-state index >= 15 is 0 Å². The first-order valence-corrected chi connectivity index (χ1v) is 7.79. The van der Waals surface area contributed by atoms with Crippen molar-refractivity contribution >= 4 is 17.2 Å². The average molecular weight is 311 g/mol. The second-order valence-electron chi connectivity index (χ2n) is 5.04. The second kappa shape index (κ2) is 6.15. The molecule has 0 aliphatic rings. The summed E-state index contributed by atoms with van der Waals surface area (Å²) >= 11 is 1.62. The summed E-state index contributed by atoms with van der Waals surface area (Å²) in [6.45, 7) is 0. The van der Waals surface area contributed by atoms with Crippen LogP contribution in [0.15, 0.2) is 48.0 Å². The van der Waals surface area contributed by atoms with Crippen LogP contribution in [-0.2, 0) is 0 Å². The molecule has 5 heteroatoms. The molecule has 0 unspecified atom stereocenters. The number of rotatable bonds is 4. The van der Waals surface area contributed by atoms with Gasteiger partial charge in [-0.25, -0.2) is 9.97 Å². The lowest BCUT2D eigenvalue weighted by Gasteiger charge is -2.11. The summed E-state index contributed by atoms with van der Waals surface area (Å²) in [7, 11) is 5.64. The van der Waals surface area contributed by atoms with Crippen LogP contribution in [0.2, 0.25) is 0 Å². The molecule has 0 atom stereocenters. The van der Waals surface area contributed by atoms with Gasteiger partial charge in [-0.3, -0.25) is 0 Å². The largest absolute Gasteiger partial charge is 0.496 e. The van der Waals surface area contributed by atoms with Crippen molar-refractivity contribution in [2.75, 3.05) is 26.1 Å². The zero-order chi connectivity index (χ0) is 15.5. The van der Waals surface area contributed by atoms with E-state index in [1.807, 2.05) is 61.6 Å². The van der Waals surface area contributed by atoms with Gasteiger partial charge >= 0.3 is 0 Å². The normalized spacial score (nSPS) is 10.5. The Balaban J connectivity index is 1.99. The third kappa shape index (κ3) is 2.80. The minimum absolute atomic E-state index is 0.836. The smallest absolute Gasteiger partial charge is 0.128 e. The van der Waals surface area contributed by atoms with Crippen molar-refractivity contribution in [3.8, 4) is 27.6 Å². The lowest BCUT2D eigenvalue weighted by Crippen LogP contribution is -2.10. The number of thiazole rings is 1. The van der Waals surface area contributed by atoms with Gasteiger partial charge in [0.2, 0.25) is 0 Å². The Morgan fingerprint density at radius 2 is 1.95 bits per heavy atom. The highest BCUT2D eigenvalue weighted by Gasteiger charge is 2.11. The lowest BCUT2D eigenvalue weighted by atomic mass is 10.1. The molecule has 3 aromatic rings. The van der Waals surface area contributed by atoms with Crippen LogP contribution >= 0.6 is 11.3 Å². The monoisotopic (exact) mass is 311 g/mol. The molecule has 1 aromatic carbocycles. The van der Waals surface area contributed by atoms with E-state index in [1.165, 1.54) is 0 Å². The van der Waals surface area contributed by atoms with Gasteiger partial charge in [-0.2, -0.15) is 0 Å². The maximum absolute atomic E-state index is 5.41. The summed E-state index contributed by atoms with van der Waals surface area (Å²) < 4.78 is 5.41. The predicted octanol–water partition coefficient (Wildman–Crippen LogP) is 3.95. The number of hydrogen-bond donors (Lipinski definition) is 0. The maximum atomic E-state index is 5.41. The Bertz CT molecular complexity index is 783. The molecule has 3 rings (SSSR count). The fourth-order valence-electron chi connectivity index (χ4n) is 2.18. The molecule has 4 nitrogen and oxygen atoms in total. The van der Waals surface area contributed by atoms with E-state index < -0.39 is 0 Å². The molecule has 2 aromatic heterocycles. The first-order chi connectivity index (χ1) is 10.7. The number of ether oxygens (including phenoxy) is 1. The first kappa shape index (κ1) is 14.5. The SMILES string of the molecule is COc1ccccc1-c1csc(-c2ccnc(N(C)C)c2)n1. The summed E-state index contributed by atoms with van der Waals surface area (Å²) in [5.74, 6) is 1.76. The van der Waals surface area contributed by atoms with Crippen LogP contribution in [-0.4, -0.2) is 31.2 Å². The molecule has 0 radical (unpaired) electrons. The molecule has 0 aliphatic carbocycles. The number of aromatic nitrogens is 2. The fourth-order valence-corrected chi connectivity index (χ4v) is 3.00. The number of benzene rings is 1. The van der Waals surface area contributed by atoms with Crippen LogP contribution < -0.4 is 9.64 Å². The molecule has 0 spiro atoms. The molecular weight excluding hydrogens is 294 g/mol. The Hall–Kier alpha value is -2.40. The van der Waals surface area contributed by atoms with E-state index in [1.54, 1.807) is 18.4 Å². The third-order valence-corrected chi connectivity index (χ3v) is 4.23. The summed E-state index contributed by atoms with van der Waals surface area (Å²) in [4.78, 5) is 11.1. The van der Waals surface area contributed by atoms with Gasteiger partial charge in [0.15, 0.2) is 0 Å². The minimum Gasteiger partial charge on any atom is -0.496 e. The van der Waals surface area contributed by atoms with Crippen molar-refractivity contribution < 1.29 is 4.74 Å². The number of para-hydroxylation sites is 1. The van der Waals surface area contributed by atoms with E-state index in [-0.39, 0.29) is 0 Å². The summed E-state index contributed by atoms with van der Waals surface area (Å²) in [5, 5.41) is 3.04. The van der Waals surface area contributed by atoms with Gasteiger partial charge in [0.25, 0.3) is 0 Å². The number of nitrogens with zero attached hydrogens (tertiary/aromatic N) is 3. The Morgan fingerprint density at radius 1 is 1.14 bits per heavy atom. The number of pyridine rings is 1. The van der Waals surface area contributed by atoms with Gasteiger partial charge in [0, 0.05) is 36.8 Å². The minimum atomic E-state index is 0.836. The molecule has 112 valence electrons. The van der Waals surface area contributed by atoms with Crippen molar-refractivity contribution in [3.63, 3.8) is 0 Å². The quantitative estimate of drug-likeness (QED) is 0.731. The first-order valence-electron chi connectivity index (χ1n) is 6.91. The van der Waals surface area contributed by atoms with Crippen molar-refractivity contribution in [1.82, 2.24) is 9.97 Å². The Kier molecular flexibility index (Phi) is 4.06. The van der Waals surface area contributed by atoms with E-state index in [2.05, 4.69) is 10.4 Å². The zero-order valence-electron chi connectivity index (χ0n) is 12.8. The van der Waals surface area contributed by atoms with E-state index in [0.29, 0.717) is 0 Å². The standard InChI is InChI=1S/C17H17N3OS/c1-20(2)16-10-12(8-9-18-16)17-19-14(11-22-17)13-6-4-5-7-15(13)21-3/h4-11H,1-3H3. The predicted molar refractivity (Wildman–Crippen MR) is 91.7 cm³/mol. The van der Waals surface area contributed by atoms with E-state index in [9.17, 15) is 0 Å². The van der Waals surface area contributed by atoms with E-state index in [0.717, 1.165) is 33.4 Å². The van der Waals surface area contributed by atoms with Crippen LogP contribution in [0.25, 0.3) is 21.8 Å². The molecule has 0 bridgehead atoms. The Labute approximate surface area is 134 Å². The molecule has 2 heterocycles. The van der Waals surface area contributed by atoms with Crippen LogP contribution in [0.5, 0.6) is 5.75 Å². The van der Waals surface area contributed by atoms with E-state index in [4.69, 9.17) is 9.72 Å². The number of methoxy groups -OCH3 is 1. The molecule has 0 aliphatic heterocycles. The van der Waals surface area contributed by atoms with Crippen molar-refractivity contribution in [2.24, 2.45) is 0 Å². The highest BCUT2D eigenvalue weighted by molar-refractivity contribution is 7.13. The molecule has 0 fully saturated rings. The average Bonchev–Trinajstić information content (AvgIpc) is 3.04. The van der Waals surface area contributed by atoms with Crippen LogP contribution in [0.1, 0.15) is 0 Å². The van der Waals surface area contributed by atoms with Crippen molar-refractivity contribution in [3.05, 3.63) is 48.0 Å². The number of anilines is 1. The molecule has 0 saturated heterocycles. The van der Waals surface area contributed by atoms with Crippen LogP contribution in [0, 0.1) is 0 Å². The molecular formula is C17H17N3OS. The van der Waals surface area contributed by atoms with Gasteiger partial charge in [-0.05, 0) is 24.3 Å². The van der Waals surface area contributed by atoms with Crippen LogP contribution in [0.4, 0.5) is 5.82 Å². The van der Waals surface area contributed by atoms with Gasteiger partial charge < -0.3 is 9.64 Å². The van der Waals surface area contributed by atoms with Gasteiger partial charge in [0.1, 0.15) is 16.6 Å². The van der Waals surface area contributed by atoms with Crippen molar-refractivity contribution in [2.45, 2.75) is 0 Å². The molecule has 22 heavy (non-hydrogen) atoms. The summed E-state index contributed by atoms with van der Waals surface area (Å²) in [5.41, 5.74) is 3.01. The maximum Gasteiger partial charge on any atom is 0.128 e. The van der Waals surface area contributed by atoms with Crippen molar-refractivity contribution in [1.29, 1.82) is 0 Å². The number of hydrogen-bond acceptors (Lipinski definition) is 5. The highest BCUT2D eigenvalue weighted by atomic mass is 32.1. The van der Waals surface area contributed by atoms with Gasteiger partial charge in [-0.1, -0.05) is 12.1 Å². The van der Waals surface area contributed by atoms with Gasteiger partial charge in [-0.15, -0.1) is 11.3 Å². The topological polar surface area (TPSA) is 38.2 Å². The molecule has 0 amide bonds. The highest BCUT2D eigenvalue weighted by Crippen LogP contribution is 2.34. The van der Waals surface area contributed by atoms with Crippen LogP contribution in [0.3, 0.4) is 0 Å². The molecule has 0 saturated carbocycles. The second-order valence-corrected chi connectivity index (χ2v) is 5.89.